The SMILES string of the molecule is CCCCCCCCCCCCCCCC(=O)O.CCCCCCCCCCCCCCCC(=O)O.N[C@@H](CC(=O)O)C(=O)O. The van der Waals surface area contributed by atoms with Gasteiger partial charge in [0.1, 0.15) is 6.04 Å². The Balaban J connectivity index is -0.000000622. The van der Waals surface area contributed by atoms with Crippen LogP contribution in [0.25, 0.3) is 0 Å². The summed E-state index contributed by atoms with van der Waals surface area (Å²) in [5, 5.41) is 33.0. The van der Waals surface area contributed by atoms with Gasteiger partial charge >= 0.3 is 23.9 Å². The minimum absolute atomic E-state index is 0.345. The van der Waals surface area contributed by atoms with Gasteiger partial charge < -0.3 is 26.2 Å². The highest BCUT2D eigenvalue weighted by Crippen LogP contribution is 2.14. The molecular formula is C36H71NO8. The largest absolute Gasteiger partial charge is 0.481 e. The molecule has 268 valence electrons. The smallest absolute Gasteiger partial charge is 0.321 e. The molecule has 0 aromatic carbocycles. The minimum atomic E-state index is -1.29. The van der Waals surface area contributed by atoms with Crippen molar-refractivity contribution in [3.63, 3.8) is 0 Å². The number of carboxylic acid groups (broad SMARTS) is 4. The molecule has 0 rings (SSSR count). The van der Waals surface area contributed by atoms with Gasteiger partial charge in [0.05, 0.1) is 6.42 Å². The maximum atomic E-state index is 10.3. The fourth-order valence-corrected chi connectivity index (χ4v) is 4.86. The standard InChI is InChI=1S/2C16H32O2.C4H7NO4/c2*1-2-3-4-5-6-7-8-9-10-11-12-13-14-15-16(17)18;5-2(4(8)9)1-3(6)7/h2*2-15H2,1H3,(H,17,18);2H,1,5H2,(H,6,7)(H,8,9)/t;;2-/m..0/s1. The van der Waals surface area contributed by atoms with Gasteiger partial charge in [0.2, 0.25) is 0 Å². The highest BCUT2D eigenvalue weighted by atomic mass is 16.4. The van der Waals surface area contributed by atoms with Crippen LogP contribution in [0.2, 0.25) is 0 Å². The quantitative estimate of drug-likeness (QED) is 0.0459. The van der Waals surface area contributed by atoms with Crippen LogP contribution in [0.15, 0.2) is 0 Å². The van der Waals surface area contributed by atoms with Crippen molar-refractivity contribution in [2.45, 2.75) is 206 Å². The van der Waals surface area contributed by atoms with Crippen LogP contribution in [-0.2, 0) is 19.2 Å². The summed E-state index contributed by atoms with van der Waals surface area (Å²) in [5.74, 6) is -3.81. The predicted octanol–water partition coefficient (Wildman–Crippen LogP) is 9.98. The Hall–Kier alpha value is -2.16. The van der Waals surface area contributed by atoms with Crippen molar-refractivity contribution in [1.29, 1.82) is 0 Å². The van der Waals surface area contributed by atoms with Crippen molar-refractivity contribution in [2.24, 2.45) is 5.73 Å². The Morgan fingerprint density at radius 3 is 0.778 bits per heavy atom. The first-order valence-electron chi connectivity index (χ1n) is 18.2. The van der Waals surface area contributed by atoms with Gasteiger partial charge in [-0.1, -0.05) is 168 Å². The monoisotopic (exact) mass is 646 g/mol. The molecule has 6 N–H and O–H groups in total. The van der Waals surface area contributed by atoms with Crippen LogP contribution in [0.4, 0.5) is 0 Å². The van der Waals surface area contributed by atoms with E-state index in [0.29, 0.717) is 12.8 Å². The number of carboxylic acids is 4. The number of hydrogen-bond donors (Lipinski definition) is 5. The van der Waals surface area contributed by atoms with E-state index in [1.165, 1.54) is 141 Å². The van der Waals surface area contributed by atoms with Gasteiger partial charge in [0.25, 0.3) is 0 Å². The van der Waals surface area contributed by atoms with Crippen molar-refractivity contribution in [2.75, 3.05) is 0 Å². The van der Waals surface area contributed by atoms with Crippen LogP contribution in [-0.4, -0.2) is 50.3 Å². The fourth-order valence-electron chi connectivity index (χ4n) is 4.86. The van der Waals surface area contributed by atoms with E-state index in [2.05, 4.69) is 13.8 Å². The lowest BCUT2D eigenvalue weighted by atomic mass is 10.0. The molecule has 0 bridgehead atoms. The molecule has 0 spiro atoms. The van der Waals surface area contributed by atoms with E-state index in [-0.39, 0.29) is 0 Å². The molecule has 9 heteroatoms. The average molecular weight is 646 g/mol. The van der Waals surface area contributed by atoms with E-state index in [4.69, 9.17) is 26.2 Å². The van der Waals surface area contributed by atoms with Crippen LogP contribution in [0.1, 0.15) is 200 Å². The summed E-state index contributed by atoms with van der Waals surface area (Å²) in [7, 11) is 0. The number of aliphatic carboxylic acids is 4. The van der Waals surface area contributed by atoms with Gasteiger partial charge in [-0.2, -0.15) is 0 Å². The second-order valence-corrected chi connectivity index (χ2v) is 12.3. The summed E-state index contributed by atoms with van der Waals surface area (Å²) in [4.78, 5) is 40.2. The molecule has 0 aromatic heterocycles. The molecule has 0 aliphatic carbocycles. The number of rotatable bonds is 31. The van der Waals surface area contributed by atoms with Gasteiger partial charge in [0.15, 0.2) is 0 Å². The highest BCUT2D eigenvalue weighted by Gasteiger charge is 2.14. The number of hydrogen-bond acceptors (Lipinski definition) is 5. The van der Waals surface area contributed by atoms with Crippen LogP contribution < -0.4 is 5.73 Å². The molecule has 45 heavy (non-hydrogen) atoms. The van der Waals surface area contributed by atoms with Crippen LogP contribution in [0, 0.1) is 0 Å². The topological polar surface area (TPSA) is 175 Å². The zero-order valence-electron chi connectivity index (χ0n) is 29.1. The van der Waals surface area contributed by atoms with E-state index < -0.39 is 36.3 Å². The maximum absolute atomic E-state index is 10.3. The van der Waals surface area contributed by atoms with Crippen molar-refractivity contribution < 1.29 is 39.6 Å². The fraction of sp³-hybridized carbons (Fsp3) is 0.889. The van der Waals surface area contributed by atoms with Gasteiger partial charge in [-0.25, -0.2) is 0 Å². The molecule has 0 amide bonds. The first-order valence-corrected chi connectivity index (χ1v) is 18.2. The molecule has 0 saturated heterocycles. The zero-order chi connectivity index (χ0) is 34.4. The number of carbonyl (C=O) groups is 4. The molecular weight excluding hydrogens is 574 g/mol. The van der Waals surface area contributed by atoms with Crippen molar-refractivity contribution in [3.05, 3.63) is 0 Å². The van der Waals surface area contributed by atoms with E-state index >= 15 is 0 Å². The van der Waals surface area contributed by atoms with Crippen molar-refractivity contribution in [3.8, 4) is 0 Å². The lowest BCUT2D eigenvalue weighted by molar-refractivity contribution is -0.144. The summed E-state index contributed by atoms with van der Waals surface area (Å²) in [6.45, 7) is 4.52. The molecule has 0 aromatic rings. The predicted molar refractivity (Wildman–Crippen MR) is 184 cm³/mol. The molecule has 0 radical (unpaired) electrons. The average Bonchev–Trinajstić information content (AvgIpc) is 2.98. The normalized spacial score (nSPS) is 11.1. The Labute approximate surface area is 275 Å². The Morgan fingerprint density at radius 1 is 0.400 bits per heavy atom. The van der Waals surface area contributed by atoms with Crippen LogP contribution >= 0.6 is 0 Å². The van der Waals surface area contributed by atoms with E-state index in [9.17, 15) is 19.2 Å². The molecule has 9 nitrogen and oxygen atoms in total. The highest BCUT2D eigenvalue weighted by molar-refractivity contribution is 5.80. The molecule has 0 aliphatic heterocycles. The van der Waals surface area contributed by atoms with E-state index in [1.807, 2.05) is 0 Å². The molecule has 1 atom stereocenters. The number of nitrogens with two attached hydrogens (primary N) is 1. The number of unbranched alkanes of at least 4 members (excludes halogenated alkanes) is 24. The third-order valence-corrected chi connectivity index (χ3v) is 7.70. The van der Waals surface area contributed by atoms with E-state index in [1.54, 1.807) is 0 Å². The first-order chi connectivity index (χ1) is 21.6. The summed E-state index contributed by atoms with van der Waals surface area (Å²) >= 11 is 0. The van der Waals surface area contributed by atoms with Gasteiger partial charge in [-0.3, -0.25) is 19.2 Å². The molecule has 0 aliphatic rings. The van der Waals surface area contributed by atoms with Gasteiger partial charge in [-0.05, 0) is 12.8 Å². The van der Waals surface area contributed by atoms with Crippen LogP contribution in [0.5, 0.6) is 0 Å². The zero-order valence-corrected chi connectivity index (χ0v) is 29.1. The van der Waals surface area contributed by atoms with Gasteiger partial charge in [-0.15, -0.1) is 0 Å². The maximum Gasteiger partial charge on any atom is 0.321 e. The second kappa shape index (κ2) is 39.9. The molecule has 0 unspecified atom stereocenters. The third kappa shape index (κ3) is 51.7. The third-order valence-electron chi connectivity index (χ3n) is 7.70. The molecule has 0 heterocycles. The van der Waals surface area contributed by atoms with Crippen molar-refractivity contribution in [1.82, 2.24) is 0 Å². The summed E-state index contributed by atoms with van der Waals surface area (Å²) in [6.07, 6.45) is 34.0. The Morgan fingerprint density at radius 2 is 0.622 bits per heavy atom. The lowest BCUT2D eigenvalue weighted by Gasteiger charge is -2.02. The Kier molecular flexibility index (Phi) is 41.9. The molecule has 0 fully saturated rings. The van der Waals surface area contributed by atoms with E-state index in [0.717, 1.165) is 25.7 Å². The molecule has 0 saturated carbocycles. The van der Waals surface area contributed by atoms with Crippen molar-refractivity contribution >= 4 is 23.9 Å². The van der Waals surface area contributed by atoms with Crippen LogP contribution in [0.3, 0.4) is 0 Å². The summed E-state index contributed by atoms with van der Waals surface area (Å²) < 4.78 is 0. The Bertz CT molecular complexity index is 631. The first kappa shape index (κ1) is 47.2. The lowest BCUT2D eigenvalue weighted by Crippen LogP contribution is -2.32. The minimum Gasteiger partial charge on any atom is -0.481 e. The summed E-state index contributed by atoms with van der Waals surface area (Å²) in [6, 6.07) is -1.29. The second-order valence-electron chi connectivity index (χ2n) is 12.3. The van der Waals surface area contributed by atoms with Gasteiger partial charge in [0, 0.05) is 12.8 Å². The summed E-state index contributed by atoms with van der Waals surface area (Å²) in [5.41, 5.74) is 4.84.